The zero-order valence-corrected chi connectivity index (χ0v) is 17.7. The van der Waals surface area contributed by atoms with Crippen molar-refractivity contribution in [3.63, 3.8) is 0 Å². The van der Waals surface area contributed by atoms with Crippen LogP contribution in [0.2, 0.25) is 0 Å². The number of carbonyl (C=O) groups is 1. The number of benzene rings is 2. The van der Waals surface area contributed by atoms with Gasteiger partial charge in [-0.05, 0) is 35.0 Å². The van der Waals surface area contributed by atoms with E-state index in [9.17, 15) is 13.2 Å². The predicted octanol–water partition coefficient (Wildman–Crippen LogP) is 2.40. The molecule has 0 radical (unpaired) electrons. The van der Waals surface area contributed by atoms with Gasteiger partial charge in [0.1, 0.15) is 5.76 Å². The third-order valence-corrected chi connectivity index (χ3v) is 7.34. The van der Waals surface area contributed by atoms with E-state index < -0.39 is 10.0 Å². The van der Waals surface area contributed by atoms with Gasteiger partial charge in [-0.3, -0.25) is 9.69 Å². The number of fused-ring (bicyclic) bond motifs is 1. The van der Waals surface area contributed by atoms with Gasteiger partial charge < -0.3 is 9.32 Å². The molecule has 1 amide bonds. The lowest BCUT2D eigenvalue weighted by molar-refractivity contribution is -0.132. The summed E-state index contributed by atoms with van der Waals surface area (Å²) in [7, 11) is -1.82. The molecule has 1 aliphatic rings. The summed E-state index contributed by atoms with van der Waals surface area (Å²) in [5.74, 6) is 0.717. The Kier molecular flexibility index (Phi) is 5.90. The first-order valence-electron chi connectivity index (χ1n) is 9.91. The molecule has 1 saturated heterocycles. The summed E-state index contributed by atoms with van der Waals surface area (Å²) >= 11 is 0. The lowest BCUT2D eigenvalue weighted by Crippen LogP contribution is -2.51. The standard InChI is InChI=1S/C22H25N3O4S/c1-23(16-20-7-4-14-29-20)22(26)17-24-10-12-25(13-11-24)30(27,28)21-9-8-18-5-2-3-6-19(18)15-21/h2-9,14-15H,10-13,16-17H2,1H3. The highest BCUT2D eigenvalue weighted by Gasteiger charge is 2.29. The molecule has 0 saturated carbocycles. The van der Waals surface area contributed by atoms with Crippen LogP contribution in [0.5, 0.6) is 0 Å². The van der Waals surface area contributed by atoms with Crippen LogP contribution >= 0.6 is 0 Å². The third-order valence-electron chi connectivity index (χ3n) is 5.45. The molecule has 7 nitrogen and oxygen atoms in total. The quantitative estimate of drug-likeness (QED) is 0.604. The van der Waals surface area contributed by atoms with Crippen LogP contribution in [0.4, 0.5) is 0 Å². The number of sulfonamides is 1. The summed E-state index contributed by atoms with van der Waals surface area (Å²) < 4.78 is 32.9. The van der Waals surface area contributed by atoms with Crippen molar-refractivity contribution in [1.82, 2.24) is 14.1 Å². The first kappa shape index (κ1) is 20.6. The minimum absolute atomic E-state index is 0.0164. The molecular weight excluding hydrogens is 402 g/mol. The molecule has 0 aliphatic carbocycles. The lowest BCUT2D eigenvalue weighted by atomic mass is 10.1. The zero-order chi connectivity index (χ0) is 21.1. The van der Waals surface area contributed by atoms with E-state index in [1.807, 2.05) is 41.3 Å². The molecular formula is C22H25N3O4S. The fourth-order valence-electron chi connectivity index (χ4n) is 3.64. The van der Waals surface area contributed by atoms with E-state index >= 15 is 0 Å². The number of hydrogen-bond donors (Lipinski definition) is 0. The fourth-order valence-corrected chi connectivity index (χ4v) is 5.10. The molecule has 1 fully saturated rings. The average molecular weight is 428 g/mol. The Morgan fingerprint density at radius 2 is 1.73 bits per heavy atom. The van der Waals surface area contributed by atoms with E-state index in [2.05, 4.69) is 0 Å². The zero-order valence-electron chi connectivity index (χ0n) is 16.9. The van der Waals surface area contributed by atoms with Gasteiger partial charge in [-0.15, -0.1) is 0 Å². The minimum Gasteiger partial charge on any atom is -0.467 e. The fraction of sp³-hybridized carbons (Fsp3) is 0.318. The van der Waals surface area contributed by atoms with Crippen molar-refractivity contribution in [2.75, 3.05) is 39.8 Å². The molecule has 0 N–H and O–H groups in total. The molecule has 8 heteroatoms. The lowest BCUT2D eigenvalue weighted by Gasteiger charge is -2.34. The molecule has 30 heavy (non-hydrogen) atoms. The maximum atomic E-state index is 13.1. The van der Waals surface area contributed by atoms with Gasteiger partial charge >= 0.3 is 0 Å². The minimum atomic E-state index is -3.56. The summed E-state index contributed by atoms with van der Waals surface area (Å²) in [6.45, 7) is 2.46. The topological polar surface area (TPSA) is 74.1 Å². The molecule has 0 bridgehead atoms. The number of amides is 1. The van der Waals surface area contributed by atoms with Gasteiger partial charge in [0.15, 0.2) is 0 Å². The Labute approximate surface area is 176 Å². The van der Waals surface area contributed by atoms with Crippen LogP contribution in [0.1, 0.15) is 5.76 Å². The maximum absolute atomic E-state index is 13.1. The molecule has 0 atom stereocenters. The number of furan rings is 1. The SMILES string of the molecule is CN(Cc1ccco1)C(=O)CN1CCN(S(=O)(=O)c2ccc3ccccc3c2)CC1. The van der Waals surface area contributed by atoms with E-state index in [0.717, 1.165) is 16.5 Å². The van der Waals surface area contributed by atoms with Crippen LogP contribution in [0.15, 0.2) is 70.2 Å². The molecule has 4 rings (SSSR count). The van der Waals surface area contributed by atoms with Gasteiger partial charge in [-0.25, -0.2) is 8.42 Å². The first-order chi connectivity index (χ1) is 14.4. The van der Waals surface area contributed by atoms with E-state index in [-0.39, 0.29) is 12.5 Å². The number of carbonyl (C=O) groups excluding carboxylic acids is 1. The Balaban J connectivity index is 1.35. The number of rotatable bonds is 6. The number of piperazine rings is 1. The molecule has 158 valence electrons. The van der Waals surface area contributed by atoms with Gasteiger partial charge in [-0.1, -0.05) is 30.3 Å². The molecule has 0 unspecified atom stereocenters. The average Bonchev–Trinajstić information content (AvgIpc) is 3.26. The normalized spacial score (nSPS) is 16.0. The van der Waals surface area contributed by atoms with Crippen LogP contribution in [-0.2, 0) is 21.4 Å². The second-order valence-corrected chi connectivity index (χ2v) is 9.46. The van der Waals surface area contributed by atoms with Crippen LogP contribution < -0.4 is 0 Å². The van der Waals surface area contributed by atoms with Gasteiger partial charge in [0, 0.05) is 33.2 Å². The smallest absolute Gasteiger partial charge is 0.243 e. The van der Waals surface area contributed by atoms with Crippen molar-refractivity contribution in [2.45, 2.75) is 11.4 Å². The van der Waals surface area contributed by atoms with E-state index in [1.54, 1.807) is 36.4 Å². The molecule has 1 aromatic heterocycles. The van der Waals surface area contributed by atoms with Crippen LogP contribution in [0.3, 0.4) is 0 Å². The summed E-state index contributed by atoms with van der Waals surface area (Å²) in [5.41, 5.74) is 0. The van der Waals surface area contributed by atoms with Gasteiger partial charge in [0.05, 0.1) is 24.2 Å². The highest BCUT2D eigenvalue weighted by molar-refractivity contribution is 7.89. The maximum Gasteiger partial charge on any atom is 0.243 e. The van der Waals surface area contributed by atoms with Crippen LogP contribution in [-0.4, -0.2) is 68.2 Å². The van der Waals surface area contributed by atoms with Crippen molar-refractivity contribution in [3.05, 3.63) is 66.6 Å². The molecule has 3 aromatic rings. The third kappa shape index (κ3) is 4.40. The second-order valence-electron chi connectivity index (χ2n) is 7.52. The van der Waals surface area contributed by atoms with Crippen molar-refractivity contribution >= 4 is 26.7 Å². The van der Waals surface area contributed by atoms with Gasteiger partial charge in [0.2, 0.25) is 15.9 Å². The number of likely N-dealkylation sites (N-methyl/N-ethyl adjacent to an activating group) is 1. The van der Waals surface area contributed by atoms with Gasteiger partial charge in [0.25, 0.3) is 0 Å². The number of nitrogens with zero attached hydrogens (tertiary/aromatic N) is 3. The highest BCUT2D eigenvalue weighted by atomic mass is 32.2. The van der Waals surface area contributed by atoms with Crippen LogP contribution in [0.25, 0.3) is 10.8 Å². The van der Waals surface area contributed by atoms with Crippen molar-refractivity contribution < 1.29 is 17.6 Å². The largest absolute Gasteiger partial charge is 0.467 e. The van der Waals surface area contributed by atoms with Crippen LogP contribution in [0, 0.1) is 0 Å². The highest BCUT2D eigenvalue weighted by Crippen LogP contribution is 2.22. The summed E-state index contributed by atoms with van der Waals surface area (Å²) in [5, 5.41) is 1.92. The van der Waals surface area contributed by atoms with E-state index in [4.69, 9.17) is 4.42 Å². The molecule has 2 aromatic carbocycles. The summed E-state index contributed by atoms with van der Waals surface area (Å²) in [6, 6.07) is 16.6. The summed E-state index contributed by atoms with van der Waals surface area (Å²) in [6.07, 6.45) is 1.59. The Hall–Kier alpha value is -2.68. The summed E-state index contributed by atoms with van der Waals surface area (Å²) in [4.78, 5) is 16.4. The van der Waals surface area contributed by atoms with E-state index in [0.29, 0.717) is 37.6 Å². The first-order valence-corrected chi connectivity index (χ1v) is 11.4. The number of hydrogen-bond acceptors (Lipinski definition) is 5. The Bertz CT molecular complexity index is 1120. The second kappa shape index (κ2) is 8.59. The van der Waals surface area contributed by atoms with Crippen molar-refractivity contribution in [2.24, 2.45) is 0 Å². The van der Waals surface area contributed by atoms with Gasteiger partial charge in [-0.2, -0.15) is 4.31 Å². The molecule has 1 aliphatic heterocycles. The van der Waals surface area contributed by atoms with Crippen molar-refractivity contribution in [3.8, 4) is 0 Å². The predicted molar refractivity (Wildman–Crippen MR) is 114 cm³/mol. The van der Waals surface area contributed by atoms with Crippen molar-refractivity contribution in [1.29, 1.82) is 0 Å². The monoisotopic (exact) mass is 427 g/mol. The Morgan fingerprint density at radius 1 is 1.00 bits per heavy atom. The molecule has 2 heterocycles. The van der Waals surface area contributed by atoms with E-state index in [1.165, 1.54) is 4.31 Å². The molecule has 0 spiro atoms. The Morgan fingerprint density at radius 3 is 2.43 bits per heavy atom.